The molecule has 0 radical (unpaired) electrons. The molecule has 0 spiro atoms. The quantitative estimate of drug-likeness (QED) is 0.852. The molecule has 1 aromatic rings. The Morgan fingerprint density at radius 2 is 1.83 bits per heavy atom. The predicted octanol–water partition coefficient (Wildman–Crippen LogP) is 2.38. The van der Waals surface area contributed by atoms with Gasteiger partial charge in [-0.25, -0.2) is 0 Å². The van der Waals surface area contributed by atoms with Gasteiger partial charge in [-0.2, -0.15) is 0 Å². The van der Waals surface area contributed by atoms with Crippen molar-refractivity contribution in [2.45, 2.75) is 44.2 Å². The van der Waals surface area contributed by atoms with E-state index >= 15 is 0 Å². The number of piperazine rings is 1. The number of methoxy groups -OCH3 is 1. The molecule has 1 saturated carbocycles. The average molecular weight is 330 g/mol. The molecule has 2 aliphatic rings. The maximum absolute atomic E-state index is 12.8. The Bertz CT molecular complexity index is 569. The molecule has 0 bridgehead atoms. The fourth-order valence-corrected chi connectivity index (χ4v) is 3.83. The molecule has 0 N–H and O–H groups in total. The lowest BCUT2D eigenvalue weighted by Gasteiger charge is -2.41. The first-order chi connectivity index (χ1) is 11.7. The Hall–Kier alpha value is -1.88. The maximum atomic E-state index is 12.8. The smallest absolute Gasteiger partial charge is 0.256 e. The molecule has 1 aliphatic heterocycles. The largest absolute Gasteiger partial charge is 0.367 e. The maximum Gasteiger partial charge on any atom is 0.256 e. The van der Waals surface area contributed by atoms with Crippen LogP contribution in [-0.2, 0) is 14.3 Å². The molecule has 1 aliphatic carbocycles. The van der Waals surface area contributed by atoms with Crippen molar-refractivity contribution in [3.05, 3.63) is 35.9 Å². The molecule has 2 fully saturated rings. The Balaban J connectivity index is 1.64. The lowest BCUT2D eigenvalue weighted by molar-refractivity contribution is -0.153. The number of carbonyl (C=O) groups is 2. The molecular weight excluding hydrogens is 304 g/mol. The van der Waals surface area contributed by atoms with E-state index in [4.69, 9.17) is 4.74 Å². The first-order valence-corrected chi connectivity index (χ1v) is 8.86. The molecule has 1 saturated heterocycles. The van der Waals surface area contributed by atoms with Crippen LogP contribution in [0.2, 0.25) is 0 Å². The van der Waals surface area contributed by atoms with E-state index in [1.807, 2.05) is 35.2 Å². The fourth-order valence-electron chi connectivity index (χ4n) is 3.83. The molecule has 130 valence electrons. The summed E-state index contributed by atoms with van der Waals surface area (Å²) >= 11 is 0. The van der Waals surface area contributed by atoms with Crippen LogP contribution < -0.4 is 0 Å². The summed E-state index contributed by atoms with van der Waals surface area (Å²) in [7, 11) is 1.54. The van der Waals surface area contributed by atoms with E-state index in [1.54, 1.807) is 4.90 Å². The summed E-state index contributed by atoms with van der Waals surface area (Å²) in [5.74, 6) is -0.0511. The number of hydrogen-bond acceptors (Lipinski definition) is 3. The highest BCUT2D eigenvalue weighted by Gasteiger charge is 2.34. The van der Waals surface area contributed by atoms with Gasteiger partial charge in [0.15, 0.2) is 6.10 Å². The van der Waals surface area contributed by atoms with Crippen LogP contribution in [0.1, 0.15) is 43.8 Å². The molecule has 24 heavy (non-hydrogen) atoms. The molecule has 5 heteroatoms. The number of nitrogens with zero attached hydrogens (tertiary/aromatic N) is 2. The highest BCUT2D eigenvalue weighted by molar-refractivity contribution is 5.88. The summed E-state index contributed by atoms with van der Waals surface area (Å²) in [5.41, 5.74) is 0.826. The van der Waals surface area contributed by atoms with Gasteiger partial charge >= 0.3 is 0 Å². The number of amides is 2. The lowest BCUT2D eigenvalue weighted by atomic mass is 9.93. The summed E-state index contributed by atoms with van der Waals surface area (Å²) in [4.78, 5) is 29.0. The van der Waals surface area contributed by atoms with Crippen LogP contribution in [-0.4, -0.2) is 54.4 Å². The SMILES string of the molecule is CO[C@@H](C(=O)N1CCN(C2CCCCC2)C(=O)C1)c1ccccc1. The van der Waals surface area contributed by atoms with E-state index in [1.165, 1.54) is 26.4 Å². The van der Waals surface area contributed by atoms with Crippen molar-refractivity contribution < 1.29 is 14.3 Å². The Labute approximate surface area is 143 Å². The summed E-state index contributed by atoms with van der Waals surface area (Å²) in [6.07, 6.45) is 5.25. The third kappa shape index (κ3) is 3.61. The molecule has 2 amide bonds. The van der Waals surface area contributed by atoms with Gasteiger partial charge in [0, 0.05) is 26.2 Å². The van der Waals surface area contributed by atoms with Crippen molar-refractivity contribution in [1.29, 1.82) is 0 Å². The number of carbonyl (C=O) groups excluding carboxylic acids is 2. The summed E-state index contributed by atoms with van der Waals surface area (Å²) < 4.78 is 5.41. The molecule has 1 atom stereocenters. The molecule has 0 aromatic heterocycles. The summed E-state index contributed by atoms with van der Waals surface area (Å²) in [6.45, 7) is 1.40. The van der Waals surface area contributed by atoms with E-state index in [-0.39, 0.29) is 18.4 Å². The average Bonchev–Trinajstić information content (AvgIpc) is 2.64. The third-order valence-corrected chi connectivity index (χ3v) is 5.15. The second-order valence-electron chi connectivity index (χ2n) is 6.67. The molecule has 0 unspecified atom stereocenters. The van der Waals surface area contributed by atoms with Crippen molar-refractivity contribution in [3.63, 3.8) is 0 Å². The summed E-state index contributed by atoms with van der Waals surface area (Å²) in [5, 5.41) is 0. The first-order valence-electron chi connectivity index (χ1n) is 8.86. The van der Waals surface area contributed by atoms with Crippen molar-refractivity contribution in [1.82, 2.24) is 9.80 Å². The monoisotopic (exact) mass is 330 g/mol. The van der Waals surface area contributed by atoms with Crippen molar-refractivity contribution >= 4 is 11.8 Å². The van der Waals surface area contributed by atoms with E-state index in [0.29, 0.717) is 19.1 Å². The van der Waals surface area contributed by atoms with E-state index in [2.05, 4.69) is 0 Å². The van der Waals surface area contributed by atoms with E-state index in [9.17, 15) is 9.59 Å². The second-order valence-corrected chi connectivity index (χ2v) is 6.67. The summed E-state index contributed by atoms with van der Waals surface area (Å²) in [6, 6.07) is 9.82. The minimum atomic E-state index is -0.639. The zero-order valence-electron chi connectivity index (χ0n) is 14.3. The van der Waals surface area contributed by atoms with Crippen LogP contribution in [0.25, 0.3) is 0 Å². The van der Waals surface area contributed by atoms with Crippen LogP contribution in [0.5, 0.6) is 0 Å². The van der Waals surface area contributed by atoms with Gasteiger partial charge in [0.1, 0.15) is 0 Å². The van der Waals surface area contributed by atoms with Crippen molar-refractivity contribution in [2.24, 2.45) is 0 Å². The van der Waals surface area contributed by atoms with Gasteiger partial charge in [-0.1, -0.05) is 49.6 Å². The number of hydrogen-bond donors (Lipinski definition) is 0. The Kier molecular flexibility index (Phi) is 5.51. The zero-order valence-corrected chi connectivity index (χ0v) is 14.3. The van der Waals surface area contributed by atoms with Crippen LogP contribution in [0.4, 0.5) is 0 Å². The third-order valence-electron chi connectivity index (χ3n) is 5.15. The molecule has 5 nitrogen and oxygen atoms in total. The molecular formula is C19H26N2O3. The Morgan fingerprint density at radius 3 is 2.46 bits per heavy atom. The van der Waals surface area contributed by atoms with Gasteiger partial charge in [-0.3, -0.25) is 9.59 Å². The highest BCUT2D eigenvalue weighted by atomic mass is 16.5. The van der Waals surface area contributed by atoms with Gasteiger partial charge in [0.2, 0.25) is 5.91 Å². The van der Waals surface area contributed by atoms with Gasteiger partial charge in [-0.05, 0) is 18.4 Å². The van der Waals surface area contributed by atoms with Gasteiger partial charge in [0.25, 0.3) is 5.91 Å². The van der Waals surface area contributed by atoms with E-state index in [0.717, 1.165) is 18.4 Å². The standard InChI is InChI=1S/C19H26N2O3/c1-24-18(15-8-4-2-5-9-15)19(23)20-12-13-21(17(22)14-20)16-10-6-3-7-11-16/h2,4-5,8-9,16,18H,3,6-7,10-14H2,1H3/t18-/m1/s1. The molecule has 1 aromatic carbocycles. The van der Waals surface area contributed by atoms with Crippen molar-refractivity contribution in [3.8, 4) is 0 Å². The fraction of sp³-hybridized carbons (Fsp3) is 0.579. The molecule has 3 rings (SSSR count). The van der Waals surface area contributed by atoms with E-state index < -0.39 is 6.10 Å². The zero-order chi connectivity index (χ0) is 16.9. The number of benzene rings is 1. The minimum Gasteiger partial charge on any atom is -0.367 e. The molecule has 1 heterocycles. The predicted molar refractivity (Wildman–Crippen MR) is 91.4 cm³/mol. The van der Waals surface area contributed by atoms with Gasteiger partial charge in [0.05, 0.1) is 6.54 Å². The topological polar surface area (TPSA) is 49.9 Å². The normalized spacial score (nSPS) is 21.0. The number of rotatable bonds is 4. The Morgan fingerprint density at radius 1 is 1.12 bits per heavy atom. The van der Waals surface area contributed by atoms with Gasteiger partial charge in [-0.15, -0.1) is 0 Å². The number of ether oxygens (including phenoxy) is 1. The van der Waals surface area contributed by atoms with Crippen LogP contribution in [0.15, 0.2) is 30.3 Å². The second kappa shape index (κ2) is 7.79. The van der Waals surface area contributed by atoms with Crippen molar-refractivity contribution in [2.75, 3.05) is 26.7 Å². The van der Waals surface area contributed by atoms with Crippen LogP contribution in [0.3, 0.4) is 0 Å². The minimum absolute atomic E-state index is 0.0735. The van der Waals surface area contributed by atoms with Crippen LogP contribution >= 0.6 is 0 Å². The first kappa shape index (κ1) is 17.0. The van der Waals surface area contributed by atoms with Gasteiger partial charge < -0.3 is 14.5 Å². The van der Waals surface area contributed by atoms with Crippen LogP contribution in [0, 0.1) is 0 Å². The lowest BCUT2D eigenvalue weighted by Crippen LogP contribution is -2.56. The highest BCUT2D eigenvalue weighted by Crippen LogP contribution is 2.25.